The fourth-order valence-electron chi connectivity index (χ4n) is 3.26. The van der Waals surface area contributed by atoms with Crippen LogP contribution < -0.4 is 0 Å². The third-order valence-corrected chi connectivity index (χ3v) is 5.15. The lowest BCUT2D eigenvalue weighted by molar-refractivity contribution is 0.0852. The predicted octanol–water partition coefficient (Wildman–Crippen LogP) is 6.13. The molecular weight excluding hydrogens is 242 g/mol. The molecule has 122 valence electrons. The Morgan fingerprint density at radius 2 is 1.55 bits per heavy atom. The van der Waals surface area contributed by atoms with E-state index in [0.29, 0.717) is 11.5 Å². The minimum atomic E-state index is 0.494. The number of rotatable bonds is 12. The van der Waals surface area contributed by atoms with Crippen LogP contribution in [0.3, 0.4) is 0 Å². The van der Waals surface area contributed by atoms with Gasteiger partial charge in [0.2, 0.25) is 0 Å². The highest BCUT2D eigenvalue weighted by Crippen LogP contribution is 2.36. The van der Waals surface area contributed by atoms with Crippen molar-refractivity contribution >= 4 is 0 Å². The summed E-state index contributed by atoms with van der Waals surface area (Å²) in [6.45, 7) is 15.5. The lowest BCUT2D eigenvalue weighted by Crippen LogP contribution is -2.43. The van der Waals surface area contributed by atoms with Crippen LogP contribution in [-0.4, -0.2) is 24.5 Å². The van der Waals surface area contributed by atoms with Gasteiger partial charge < -0.3 is 4.90 Å². The van der Waals surface area contributed by atoms with E-state index in [1.165, 1.54) is 57.9 Å². The van der Waals surface area contributed by atoms with Crippen molar-refractivity contribution < 1.29 is 0 Å². The van der Waals surface area contributed by atoms with Crippen LogP contribution in [0.4, 0.5) is 0 Å². The average molecular weight is 284 g/mol. The molecule has 0 aromatic heterocycles. The Bertz CT molecular complexity index is 224. The second-order valence-electron chi connectivity index (χ2n) is 7.55. The van der Waals surface area contributed by atoms with Gasteiger partial charge in [0.25, 0.3) is 0 Å². The highest BCUT2D eigenvalue weighted by atomic mass is 15.1. The van der Waals surface area contributed by atoms with Gasteiger partial charge >= 0.3 is 0 Å². The summed E-state index contributed by atoms with van der Waals surface area (Å²) >= 11 is 0. The molecule has 0 heterocycles. The van der Waals surface area contributed by atoms with Crippen molar-refractivity contribution in [1.82, 2.24) is 4.90 Å². The van der Waals surface area contributed by atoms with Crippen LogP contribution in [0.15, 0.2) is 0 Å². The maximum atomic E-state index is 2.61. The SMILES string of the molecule is CCCCCCC(C)(CCC)C(C)N(C)CCC(C)C. The molecule has 0 spiro atoms. The fraction of sp³-hybridized carbons (Fsp3) is 1.00. The smallest absolute Gasteiger partial charge is 0.0118 e. The normalized spacial score (nSPS) is 16.6. The van der Waals surface area contributed by atoms with Gasteiger partial charge in [0.15, 0.2) is 0 Å². The van der Waals surface area contributed by atoms with Crippen molar-refractivity contribution in [3.63, 3.8) is 0 Å². The minimum absolute atomic E-state index is 0.494. The molecule has 2 atom stereocenters. The first kappa shape index (κ1) is 20.0. The molecule has 0 aliphatic carbocycles. The molecule has 2 unspecified atom stereocenters. The van der Waals surface area contributed by atoms with Gasteiger partial charge in [-0.05, 0) is 51.1 Å². The summed E-state index contributed by atoms with van der Waals surface area (Å²) in [5, 5.41) is 0. The zero-order valence-electron chi connectivity index (χ0n) is 15.5. The van der Waals surface area contributed by atoms with E-state index in [-0.39, 0.29) is 0 Å². The number of nitrogens with zero attached hydrogens (tertiary/aromatic N) is 1. The zero-order chi connectivity index (χ0) is 15.6. The molecule has 0 saturated carbocycles. The monoisotopic (exact) mass is 283 g/mol. The quantitative estimate of drug-likeness (QED) is 0.389. The van der Waals surface area contributed by atoms with Crippen LogP contribution in [-0.2, 0) is 0 Å². The third-order valence-electron chi connectivity index (χ3n) is 5.15. The summed E-state index contributed by atoms with van der Waals surface area (Å²) in [4.78, 5) is 2.61. The van der Waals surface area contributed by atoms with E-state index in [1.54, 1.807) is 0 Å². The van der Waals surface area contributed by atoms with E-state index in [2.05, 4.69) is 53.5 Å². The van der Waals surface area contributed by atoms with Crippen molar-refractivity contribution in [2.45, 2.75) is 99.0 Å². The van der Waals surface area contributed by atoms with Crippen LogP contribution in [0.1, 0.15) is 92.9 Å². The number of hydrogen-bond acceptors (Lipinski definition) is 1. The largest absolute Gasteiger partial charge is 0.303 e. The molecular formula is C19H41N. The Balaban J connectivity index is 4.43. The van der Waals surface area contributed by atoms with Crippen LogP contribution in [0.5, 0.6) is 0 Å². The van der Waals surface area contributed by atoms with Gasteiger partial charge in [0.05, 0.1) is 0 Å². The molecule has 0 N–H and O–H groups in total. The van der Waals surface area contributed by atoms with Crippen LogP contribution >= 0.6 is 0 Å². The zero-order valence-corrected chi connectivity index (χ0v) is 15.5. The standard InChI is InChI=1S/C19H41N/c1-8-10-11-12-15-19(6,14-9-2)18(5)20(7)16-13-17(3)4/h17-18H,8-16H2,1-7H3. The molecule has 0 aliphatic rings. The Labute approximate surface area is 129 Å². The number of unbranched alkanes of at least 4 members (excludes halogenated alkanes) is 3. The van der Waals surface area contributed by atoms with Gasteiger partial charge in [-0.25, -0.2) is 0 Å². The molecule has 0 aromatic carbocycles. The minimum Gasteiger partial charge on any atom is -0.303 e. The van der Waals surface area contributed by atoms with Crippen molar-refractivity contribution in [1.29, 1.82) is 0 Å². The molecule has 0 aromatic rings. The van der Waals surface area contributed by atoms with Crippen molar-refractivity contribution in [3.05, 3.63) is 0 Å². The van der Waals surface area contributed by atoms with Crippen LogP contribution in [0.25, 0.3) is 0 Å². The molecule has 0 aliphatic heterocycles. The fourth-order valence-corrected chi connectivity index (χ4v) is 3.26. The van der Waals surface area contributed by atoms with Crippen LogP contribution in [0.2, 0.25) is 0 Å². The van der Waals surface area contributed by atoms with Gasteiger partial charge in [-0.3, -0.25) is 0 Å². The molecule has 20 heavy (non-hydrogen) atoms. The van der Waals surface area contributed by atoms with E-state index in [0.717, 1.165) is 5.92 Å². The first-order chi connectivity index (χ1) is 9.37. The molecule has 0 fully saturated rings. The van der Waals surface area contributed by atoms with E-state index in [1.807, 2.05) is 0 Å². The van der Waals surface area contributed by atoms with Gasteiger partial charge in [-0.2, -0.15) is 0 Å². The maximum absolute atomic E-state index is 2.61. The molecule has 0 amide bonds. The molecule has 1 heteroatoms. The Morgan fingerprint density at radius 1 is 0.900 bits per heavy atom. The first-order valence-electron chi connectivity index (χ1n) is 9.07. The Kier molecular flexibility index (Phi) is 10.6. The molecule has 0 bridgehead atoms. The lowest BCUT2D eigenvalue weighted by atomic mass is 9.74. The summed E-state index contributed by atoms with van der Waals surface area (Å²) in [6.07, 6.45) is 11.0. The second-order valence-corrected chi connectivity index (χ2v) is 7.55. The van der Waals surface area contributed by atoms with E-state index in [9.17, 15) is 0 Å². The highest BCUT2D eigenvalue weighted by molar-refractivity contribution is 4.85. The summed E-state index contributed by atoms with van der Waals surface area (Å²) in [6, 6.07) is 0.697. The summed E-state index contributed by atoms with van der Waals surface area (Å²) < 4.78 is 0. The van der Waals surface area contributed by atoms with Crippen molar-refractivity contribution in [3.8, 4) is 0 Å². The van der Waals surface area contributed by atoms with E-state index in [4.69, 9.17) is 0 Å². The van der Waals surface area contributed by atoms with Gasteiger partial charge in [0, 0.05) is 6.04 Å². The molecule has 1 nitrogen and oxygen atoms in total. The summed E-state index contributed by atoms with van der Waals surface area (Å²) in [7, 11) is 2.33. The molecule has 0 radical (unpaired) electrons. The van der Waals surface area contributed by atoms with E-state index < -0.39 is 0 Å². The van der Waals surface area contributed by atoms with Gasteiger partial charge in [-0.15, -0.1) is 0 Å². The van der Waals surface area contributed by atoms with Gasteiger partial charge in [-0.1, -0.05) is 66.7 Å². The molecule has 0 saturated heterocycles. The topological polar surface area (TPSA) is 3.24 Å². The second kappa shape index (κ2) is 10.7. The van der Waals surface area contributed by atoms with Crippen molar-refractivity contribution in [2.24, 2.45) is 11.3 Å². The Hall–Kier alpha value is -0.0400. The first-order valence-corrected chi connectivity index (χ1v) is 9.07. The average Bonchev–Trinajstić information content (AvgIpc) is 2.40. The summed E-state index contributed by atoms with van der Waals surface area (Å²) in [5.41, 5.74) is 0.494. The third kappa shape index (κ3) is 7.67. The predicted molar refractivity (Wildman–Crippen MR) is 93.3 cm³/mol. The summed E-state index contributed by atoms with van der Waals surface area (Å²) in [5.74, 6) is 0.812. The number of hydrogen-bond donors (Lipinski definition) is 0. The maximum Gasteiger partial charge on any atom is 0.0118 e. The molecule has 0 rings (SSSR count). The van der Waals surface area contributed by atoms with Gasteiger partial charge in [0.1, 0.15) is 0 Å². The Morgan fingerprint density at radius 3 is 2.05 bits per heavy atom. The van der Waals surface area contributed by atoms with E-state index >= 15 is 0 Å². The van der Waals surface area contributed by atoms with Crippen molar-refractivity contribution in [2.75, 3.05) is 13.6 Å². The highest BCUT2D eigenvalue weighted by Gasteiger charge is 2.32. The van der Waals surface area contributed by atoms with Crippen LogP contribution in [0, 0.1) is 11.3 Å². The lowest BCUT2D eigenvalue weighted by Gasteiger charge is -2.41.